The van der Waals surface area contributed by atoms with Crippen molar-refractivity contribution in [2.45, 2.75) is 59.6 Å². The maximum absolute atomic E-state index is 12.4. The lowest BCUT2D eigenvalue weighted by Crippen LogP contribution is -2.49. The van der Waals surface area contributed by atoms with Crippen LogP contribution in [0.25, 0.3) is 0 Å². The molecule has 0 saturated heterocycles. The van der Waals surface area contributed by atoms with Crippen LogP contribution < -0.4 is 5.32 Å². The van der Waals surface area contributed by atoms with Gasteiger partial charge in [-0.25, -0.2) is 4.79 Å². The highest BCUT2D eigenvalue weighted by Gasteiger charge is 2.30. The Balaban J connectivity index is 2.72. The molecule has 0 radical (unpaired) electrons. The molecule has 5 heteroatoms. The minimum absolute atomic E-state index is 0.297. The highest BCUT2D eigenvalue weighted by molar-refractivity contribution is 6.30. The predicted molar refractivity (Wildman–Crippen MR) is 97.4 cm³/mol. The number of hydrogen-bond acceptors (Lipinski definition) is 3. The fourth-order valence-electron chi connectivity index (χ4n) is 2.10. The second kappa shape index (κ2) is 7.43. The molecule has 0 fully saturated rings. The highest BCUT2D eigenvalue weighted by Crippen LogP contribution is 2.21. The van der Waals surface area contributed by atoms with Crippen molar-refractivity contribution in [2.75, 3.05) is 18.4 Å². The lowest BCUT2D eigenvalue weighted by molar-refractivity contribution is 0.00749. The maximum atomic E-state index is 12.4. The Morgan fingerprint density at radius 1 is 1.22 bits per heavy atom. The summed E-state index contributed by atoms with van der Waals surface area (Å²) >= 11 is 6.03. The molecule has 0 aromatic heterocycles. The molecule has 0 heterocycles. The molecule has 1 rings (SSSR count). The number of ether oxygens (including phenoxy) is 1. The van der Waals surface area contributed by atoms with Crippen molar-refractivity contribution in [3.63, 3.8) is 0 Å². The van der Waals surface area contributed by atoms with Crippen molar-refractivity contribution in [2.24, 2.45) is 0 Å². The van der Waals surface area contributed by atoms with E-state index in [1.165, 1.54) is 0 Å². The van der Waals surface area contributed by atoms with E-state index in [9.17, 15) is 4.79 Å². The van der Waals surface area contributed by atoms with E-state index in [0.717, 1.165) is 11.3 Å². The van der Waals surface area contributed by atoms with E-state index in [-0.39, 0.29) is 11.6 Å². The lowest BCUT2D eigenvalue weighted by Gasteiger charge is -2.37. The van der Waals surface area contributed by atoms with Gasteiger partial charge < -0.3 is 15.0 Å². The van der Waals surface area contributed by atoms with Crippen molar-refractivity contribution in [3.05, 3.63) is 28.8 Å². The fourth-order valence-corrected chi connectivity index (χ4v) is 2.28. The number of hydrogen-bond donors (Lipinski definition) is 1. The molecular weight excluding hydrogens is 312 g/mol. The first-order valence-electron chi connectivity index (χ1n) is 7.91. The summed E-state index contributed by atoms with van der Waals surface area (Å²) in [5, 5.41) is 4.03. The summed E-state index contributed by atoms with van der Waals surface area (Å²) in [5.74, 6) is 0. The zero-order chi connectivity index (χ0) is 17.8. The minimum atomic E-state index is -0.502. The molecule has 1 aromatic rings. The number of benzene rings is 1. The third-order valence-corrected chi connectivity index (χ3v) is 3.51. The molecule has 130 valence electrons. The number of halogens is 1. The maximum Gasteiger partial charge on any atom is 0.410 e. The Hall–Kier alpha value is -1.42. The number of rotatable bonds is 4. The van der Waals surface area contributed by atoms with Crippen LogP contribution in [0.3, 0.4) is 0 Å². The van der Waals surface area contributed by atoms with Gasteiger partial charge in [-0.2, -0.15) is 0 Å². The standard InChI is InChI=1S/C18H29ClN2O2/c1-13-8-9-14(19)12-15(13)20-10-11-21(17(2,3)4)16(22)23-18(5,6)7/h8-9,12,20H,10-11H2,1-7H3. The molecule has 23 heavy (non-hydrogen) atoms. The molecule has 1 amide bonds. The van der Waals surface area contributed by atoms with Crippen molar-refractivity contribution < 1.29 is 9.53 Å². The first kappa shape index (κ1) is 19.6. The summed E-state index contributed by atoms with van der Waals surface area (Å²) in [6.07, 6.45) is -0.297. The van der Waals surface area contributed by atoms with Crippen LogP contribution in [0.1, 0.15) is 47.1 Å². The monoisotopic (exact) mass is 340 g/mol. The third kappa shape index (κ3) is 6.69. The van der Waals surface area contributed by atoms with Gasteiger partial charge in [0.1, 0.15) is 5.60 Å². The Bertz CT molecular complexity index is 545. The number of anilines is 1. The summed E-state index contributed by atoms with van der Waals surface area (Å²) in [6, 6.07) is 5.73. The minimum Gasteiger partial charge on any atom is -0.444 e. The Morgan fingerprint density at radius 2 is 1.83 bits per heavy atom. The Labute approximate surface area is 145 Å². The van der Waals surface area contributed by atoms with Gasteiger partial charge in [-0.05, 0) is 66.2 Å². The predicted octanol–water partition coefficient (Wildman–Crippen LogP) is 5.10. The van der Waals surface area contributed by atoms with Crippen molar-refractivity contribution in [3.8, 4) is 0 Å². The summed E-state index contributed by atoms with van der Waals surface area (Å²) < 4.78 is 5.51. The van der Waals surface area contributed by atoms with Crippen LogP contribution in [-0.2, 0) is 4.74 Å². The molecule has 0 atom stereocenters. The smallest absolute Gasteiger partial charge is 0.410 e. The van der Waals surface area contributed by atoms with Crippen molar-refractivity contribution in [1.82, 2.24) is 4.90 Å². The van der Waals surface area contributed by atoms with Gasteiger partial charge in [0.2, 0.25) is 0 Å². The van der Waals surface area contributed by atoms with E-state index in [0.29, 0.717) is 18.1 Å². The molecular formula is C18H29ClN2O2. The molecule has 0 bridgehead atoms. The van der Waals surface area contributed by atoms with Crippen molar-refractivity contribution in [1.29, 1.82) is 0 Å². The van der Waals surface area contributed by atoms with Gasteiger partial charge in [-0.1, -0.05) is 17.7 Å². The van der Waals surface area contributed by atoms with E-state index in [2.05, 4.69) is 5.32 Å². The van der Waals surface area contributed by atoms with Gasteiger partial charge in [0.15, 0.2) is 0 Å². The molecule has 0 aliphatic carbocycles. The van der Waals surface area contributed by atoms with E-state index < -0.39 is 5.60 Å². The van der Waals surface area contributed by atoms with Gasteiger partial charge in [0, 0.05) is 29.3 Å². The number of nitrogens with one attached hydrogen (secondary N) is 1. The largest absolute Gasteiger partial charge is 0.444 e. The number of carbonyl (C=O) groups is 1. The van der Waals surface area contributed by atoms with Gasteiger partial charge in [-0.3, -0.25) is 0 Å². The zero-order valence-electron chi connectivity index (χ0n) is 15.3. The van der Waals surface area contributed by atoms with Gasteiger partial charge in [0.25, 0.3) is 0 Å². The summed E-state index contributed by atoms with van der Waals surface area (Å²) in [4.78, 5) is 14.2. The van der Waals surface area contributed by atoms with Crippen LogP contribution in [-0.4, -0.2) is 35.2 Å². The first-order chi connectivity index (χ1) is 10.4. The first-order valence-corrected chi connectivity index (χ1v) is 8.28. The molecule has 0 saturated carbocycles. The van der Waals surface area contributed by atoms with Crippen LogP contribution in [0.15, 0.2) is 18.2 Å². The van der Waals surface area contributed by atoms with Gasteiger partial charge >= 0.3 is 6.09 Å². The van der Waals surface area contributed by atoms with E-state index in [1.54, 1.807) is 4.90 Å². The summed E-state index contributed by atoms with van der Waals surface area (Å²) in [5.41, 5.74) is 1.29. The second-order valence-corrected chi connectivity index (χ2v) is 8.13. The van der Waals surface area contributed by atoms with E-state index >= 15 is 0 Å². The SMILES string of the molecule is Cc1ccc(Cl)cc1NCCN(C(=O)OC(C)(C)C)C(C)(C)C. The Kier molecular flexibility index (Phi) is 6.34. The van der Waals surface area contributed by atoms with Crippen LogP contribution >= 0.6 is 11.6 Å². The summed E-state index contributed by atoms with van der Waals surface area (Å²) in [6.45, 7) is 14.8. The normalized spacial score (nSPS) is 12.0. The highest BCUT2D eigenvalue weighted by atomic mass is 35.5. The molecule has 4 nitrogen and oxygen atoms in total. The lowest BCUT2D eigenvalue weighted by atomic mass is 10.1. The van der Waals surface area contributed by atoms with Gasteiger partial charge in [0.05, 0.1) is 0 Å². The quantitative estimate of drug-likeness (QED) is 0.829. The number of nitrogens with zero attached hydrogens (tertiary/aromatic N) is 1. The van der Waals surface area contributed by atoms with E-state index in [4.69, 9.17) is 16.3 Å². The topological polar surface area (TPSA) is 41.6 Å². The van der Waals surface area contributed by atoms with Crippen LogP contribution in [0.4, 0.5) is 10.5 Å². The van der Waals surface area contributed by atoms with Crippen LogP contribution in [0.2, 0.25) is 5.02 Å². The average Bonchev–Trinajstić information content (AvgIpc) is 2.34. The number of aryl methyl sites for hydroxylation is 1. The second-order valence-electron chi connectivity index (χ2n) is 7.69. The molecule has 0 aliphatic heterocycles. The third-order valence-electron chi connectivity index (χ3n) is 3.27. The zero-order valence-corrected chi connectivity index (χ0v) is 16.0. The molecule has 1 N–H and O–H groups in total. The molecule has 0 spiro atoms. The van der Waals surface area contributed by atoms with Crippen molar-refractivity contribution >= 4 is 23.4 Å². The molecule has 0 unspecified atom stereocenters. The number of carbonyl (C=O) groups excluding carboxylic acids is 1. The van der Waals surface area contributed by atoms with Crippen LogP contribution in [0, 0.1) is 6.92 Å². The average molecular weight is 341 g/mol. The Morgan fingerprint density at radius 3 is 2.35 bits per heavy atom. The van der Waals surface area contributed by atoms with E-state index in [1.807, 2.05) is 66.7 Å². The number of amides is 1. The summed E-state index contributed by atoms with van der Waals surface area (Å²) in [7, 11) is 0. The fraction of sp³-hybridized carbons (Fsp3) is 0.611. The molecule has 0 aliphatic rings. The molecule has 1 aromatic carbocycles. The van der Waals surface area contributed by atoms with Crippen LogP contribution in [0.5, 0.6) is 0 Å². The van der Waals surface area contributed by atoms with Gasteiger partial charge in [-0.15, -0.1) is 0 Å².